The summed E-state index contributed by atoms with van der Waals surface area (Å²) in [4.78, 5) is 21.2. The molecular formula is C18H24N4O3S2. The normalized spacial score (nSPS) is 12.5. The number of hydrogen-bond donors (Lipinski definition) is 1. The van der Waals surface area contributed by atoms with E-state index in [0.717, 1.165) is 16.3 Å². The highest BCUT2D eigenvalue weighted by molar-refractivity contribution is 7.98. The quantitative estimate of drug-likeness (QED) is 0.559. The van der Waals surface area contributed by atoms with Crippen molar-refractivity contribution in [1.29, 1.82) is 0 Å². The third-order valence-corrected chi connectivity index (χ3v) is 6.46. The monoisotopic (exact) mass is 408 g/mol. The number of carbonyl (C=O) groups excluding carboxylic acids is 1. The van der Waals surface area contributed by atoms with E-state index in [4.69, 9.17) is 0 Å². The molecule has 1 aromatic carbocycles. The number of amides is 1. The summed E-state index contributed by atoms with van der Waals surface area (Å²) in [5.41, 5.74) is 1.07. The number of nitrogens with one attached hydrogen (secondary N) is 1. The molecule has 0 saturated heterocycles. The highest BCUT2D eigenvalue weighted by Gasteiger charge is 2.27. The van der Waals surface area contributed by atoms with Gasteiger partial charge in [0, 0.05) is 19.3 Å². The SMILES string of the molecule is CC[C@H](C)NC(=O)c1cnc(SC)nc1N(C)S(=O)(=O)c1ccc(C)cc1. The Morgan fingerprint density at radius 2 is 1.93 bits per heavy atom. The average molecular weight is 409 g/mol. The summed E-state index contributed by atoms with van der Waals surface area (Å²) in [6.07, 6.45) is 3.90. The molecule has 9 heteroatoms. The molecule has 2 rings (SSSR count). The van der Waals surface area contributed by atoms with E-state index in [9.17, 15) is 13.2 Å². The fourth-order valence-electron chi connectivity index (χ4n) is 2.24. The molecule has 2 aromatic rings. The van der Waals surface area contributed by atoms with Gasteiger partial charge in [0.05, 0.1) is 4.90 Å². The number of aromatic nitrogens is 2. The molecule has 0 fully saturated rings. The number of benzene rings is 1. The molecule has 1 aromatic heterocycles. The lowest BCUT2D eigenvalue weighted by Gasteiger charge is -2.22. The Hall–Kier alpha value is -2.13. The molecule has 0 aliphatic heterocycles. The molecule has 0 unspecified atom stereocenters. The molecule has 0 bridgehead atoms. The smallest absolute Gasteiger partial charge is 0.265 e. The molecule has 0 spiro atoms. The predicted molar refractivity (Wildman–Crippen MR) is 108 cm³/mol. The van der Waals surface area contributed by atoms with E-state index in [1.54, 1.807) is 18.4 Å². The van der Waals surface area contributed by atoms with Gasteiger partial charge < -0.3 is 5.32 Å². The topological polar surface area (TPSA) is 92.3 Å². The van der Waals surface area contributed by atoms with Crippen LogP contribution in [0, 0.1) is 6.92 Å². The van der Waals surface area contributed by atoms with E-state index in [2.05, 4.69) is 15.3 Å². The van der Waals surface area contributed by atoms with Crippen LogP contribution in [0.3, 0.4) is 0 Å². The lowest BCUT2D eigenvalue weighted by Crippen LogP contribution is -2.35. The van der Waals surface area contributed by atoms with Gasteiger partial charge in [-0.1, -0.05) is 36.4 Å². The number of anilines is 1. The first-order chi connectivity index (χ1) is 12.7. The fraction of sp³-hybridized carbons (Fsp3) is 0.389. The van der Waals surface area contributed by atoms with Crippen molar-refractivity contribution in [3.8, 4) is 0 Å². The van der Waals surface area contributed by atoms with Crippen molar-refractivity contribution >= 4 is 33.5 Å². The Labute approximate surface area is 164 Å². The highest BCUT2D eigenvalue weighted by Crippen LogP contribution is 2.25. The molecule has 0 aliphatic rings. The van der Waals surface area contributed by atoms with Gasteiger partial charge in [0.15, 0.2) is 11.0 Å². The van der Waals surface area contributed by atoms with E-state index in [1.165, 1.54) is 37.1 Å². The molecule has 7 nitrogen and oxygen atoms in total. The van der Waals surface area contributed by atoms with Crippen molar-refractivity contribution in [2.75, 3.05) is 17.6 Å². The number of rotatable bonds is 7. The summed E-state index contributed by atoms with van der Waals surface area (Å²) in [6.45, 7) is 5.71. The summed E-state index contributed by atoms with van der Waals surface area (Å²) >= 11 is 1.27. The van der Waals surface area contributed by atoms with Crippen LogP contribution in [0.1, 0.15) is 36.2 Å². The van der Waals surface area contributed by atoms with Gasteiger partial charge in [-0.3, -0.25) is 9.10 Å². The fourth-order valence-corrected chi connectivity index (χ4v) is 3.74. The Bertz CT molecular complexity index is 915. The Morgan fingerprint density at radius 1 is 1.30 bits per heavy atom. The molecule has 1 heterocycles. The first-order valence-corrected chi connectivity index (χ1v) is 11.1. The van der Waals surface area contributed by atoms with Crippen molar-refractivity contribution in [2.45, 2.75) is 43.3 Å². The number of aryl methyl sites for hydroxylation is 1. The third-order valence-electron chi connectivity index (χ3n) is 4.14. The minimum Gasteiger partial charge on any atom is -0.349 e. The lowest BCUT2D eigenvalue weighted by atomic mass is 10.2. The largest absolute Gasteiger partial charge is 0.349 e. The van der Waals surface area contributed by atoms with Crippen molar-refractivity contribution in [3.63, 3.8) is 0 Å². The summed E-state index contributed by atoms with van der Waals surface area (Å²) in [7, 11) is -2.48. The van der Waals surface area contributed by atoms with E-state index < -0.39 is 15.9 Å². The molecule has 146 valence electrons. The van der Waals surface area contributed by atoms with E-state index in [-0.39, 0.29) is 22.3 Å². The van der Waals surface area contributed by atoms with Crippen LogP contribution in [-0.2, 0) is 10.0 Å². The predicted octanol–water partition coefficient (Wildman–Crippen LogP) is 2.86. The summed E-state index contributed by atoms with van der Waals surface area (Å²) in [5.74, 6) is -0.353. The first kappa shape index (κ1) is 21.2. The Morgan fingerprint density at radius 3 is 2.48 bits per heavy atom. The van der Waals surface area contributed by atoms with E-state index in [1.807, 2.05) is 20.8 Å². The van der Waals surface area contributed by atoms with E-state index >= 15 is 0 Å². The van der Waals surface area contributed by atoms with Gasteiger partial charge >= 0.3 is 0 Å². The molecule has 27 heavy (non-hydrogen) atoms. The van der Waals surface area contributed by atoms with Crippen LogP contribution in [0.15, 0.2) is 40.5 Å². The Kier molecular flexibility index (Phi) is 6.83. The van der Waals surface area contributed by atoms with Gasteiger partial charge in [0.2, 0.25) is 0 Å². The number of sulfonamides is 1. The molecule has 1 atom stereocenters. The molecular weight excluding hydrogens is 384 g/mol. The van der Waals surface area contributed by atoms with Crippen LogP contribution in [0.4, 0.5) is 5.82 Å². The van der Waals surface area contributed by atoms with Crippen LogP contribution in [0.25, 0.3) is 0 Å². The third kappa shape index (κ3) is 4.78. The highest BCUT2D eigenvalue weighted by atomic mass is 32.2. The minimum atomic E-state index is -3.87. The van der Waals surface area contributed by atoms with Gasteiger partial charge in [0.1, 0.15) is 5.56 Å². The van der Waals surface area contributed by atoms with Crippen molar-refractivity contribution in [2.24, 2.45) is 0 Å². The maximum absolute atomic E-state index is 13.0. The molecule has 0 aliphatic carbocycles. The number of hydrogen-bond acceptors (Lipinski definition) is 6. The number of thioether (sulfide) groups is 1. The average Bonchev–Trinajstić information content (AvgIpc) is 2.66. The van der Waals surface area contributed by atoms with Gasteiger partial charge in [-0.15, -0.1) is 0 Å². The van der Waals surface area contributed by atoms with Crippen LogP contribution in [0.2, 0.25) is 0 Å². The maximum atomic E-state index is 13.0. The number of carbonyl (C=O) groups is 1. The molecule has 1 N–H and O–H groups in total. The zero-order chi connectivity index (χ0) is 20.2. The molecule has 0 saturated carbocycles. The van der Waals surface area contributed by atoms with Crippen LogP contribution in [0.5, 0.6) is 0 Å². The van der Waals surface area contributed by atoms with Crippen molar-refractivity contribution < 1.29 is 13.2 Å². The van der Waals surface area contributed by atoms with Crippen LogP contribution in [-0.4, -0.2) is 43.6 Å². The second-order valence-corrected chi connectivity index (χ2v) is 8.90. The van der Waals surface area contributed by atoms with E-state index in [0.29, 0.717) is 5.16 Å². The van der Waals surface area contributed by atoms with Crippen molar-refractivity contribution in [1.82, 2.24) is 15.3 Å². The summed E-state index contributed by atoms with van der Waals surface area (Å²) in [5, 5.41) is 3.22. The second-order valence-electron chi connectivity index (χ2n) is 6.16. The zero-order valence-corrected chi connectivity index (χ0v) is 17.7. The lowest BCUT2D eigenvalue weighted by molar-refractivity contribution is 0.0939. The van der Waals surface area contributed by atoms with Gasteiger partial charge in [0.25, 0.3) is 15.9 Å². The molecule has 0 radical (unpaired) electrons. The van der Waals surface area contributed by atoms with Crippen LogP contribution < -0.4 is 9.62 Å². The first-order valence-electron chi connectivity index (χ1n) is 8.48. The Balaban J connectivity index is 2.51. The van der Waals surface area contributed by atoms with Gasteiger partial charge in [-0.05, 0) is 38.7 Å². The van der Waals surface area contributed by atoms with Crippen molar-refractivity contribution in [3.05, 3.63) is 41.6 Å². The molecule has 1 amide bonds. The van der Waals surface area contributed by atoms with Gasteiger partial charge in [-0.25, -0.2) is 18.4 Å². The zero-order valence-electron chi connectivity index (χ0n) is 16.1. The summed E-state index contributed by atoms with van der Waals surface area (Å²) < 4.78 is 27.1. The maximum Gasteiger partial charge on any atom is 0.265 e. The minimum absolute atomic E-state index is 0.0513. The number of nitrogens with zero attached hydrogens (tertiary/aromatic N) is 3. The van der Waals surface area contributed by atoms with Crippen LogP contribution >= 0.6 is 11.8 Å². The summed E-state index contributed by atoms with van der Waals surface area (Å²) in [6, 6.07) is 6.48. The van der Waals surface area contributed by atoms with Gasteiger partial charge in [-0.2, -0.15) is 0 Å². The standard InChI is InChI=1S/C18H24N4O3S2/c1-6-13(3)20-17(23)15-11-19-18(26-5)21-16(15)22(4)27(24,25)14-9-7-12(2)8-10-14/h7-11,13H,6H2,1-5H3,(H,20,23)/t13-/m0/s1. The second kappa shape index (κ2) is 8.71.